The molecule has 0 spiro atoms. The highest BCUT2D eigenvalue weighted by Gasteiger charge is 2.03. The summed E-state index contributed by atoms with van der Waals surface area (Å²) in [6, 6.07) is 10.1. The zero-order chi connectivity index (χ0) is 15.8. The number of carbonyl (C=O) groups excluding carboxylic acids is 1. The van der Waals surface area contributed by atoms with Gasteiger partial charge in [-0.15, -0.1) is 11.3 Å². The van der Waals surface area contributed by atoms with Gasteiger partial charge < -0.3 is 10.1 Å². The summed E-state index contributed by atoms with van der Waals surface area (Å²) in [7, 11) is 0. The molecule has 5 heteroatoms. The van der Waals surface area contributed by atoms with Gasteiger partial charge in [0, 0.05) is 22.9 Å². The lowest BCUT2D eigenvalue weighted by atomic mass is 10.1. The summed E-state index contributed by atoms with van der Waals surface area (Å²) < 4.78 is 5.50. The molecule has 0 unspecified atom stereocenters. The van der Waals surface area contributed by atoms with E-state index in [0.717, 1.165) is 17.3 Å². The van der Waals surface area contributed by atoms with E-state index >= 15 is 0 Å². The van der Waals surface area contributed by atoms with Crippen LogP contribution in [0.3, 0.4) is 0 Å². The maximum absolute atomic E-state index is 11.7. The monoisotopic (exact) mass is 335 g/mol. The zero-order valence-corrected chi connectivity index (χ0v) is 14.6. The molecule has 0 saturated carbocycles. The van der Waals surface area contributed by atoms with Gasteiger partial charge in [0.1, 0.15) is 5.75 Å². The molecule has 0 aliphatic rings. The van der Waals surface area contributed by atoms with E-state index in [1.165, 1.54) is 16.0 Å². The van der Waals surface area contributed by atoms with Gasteiger partial charge in [0.15, 0.2) is 6.61 Å². The van der Waals surface area contributed by atoms with Crippen LogP contribution in [0.2, 0.25) is 0 Å². The van der Waals surface area contributed by atoms with E-state index in [-0.39, 0.29) is 12.5 Å². The van der Waals surface area contributed by atoms with Crippen LogP contribution in [0.25, 0.3) is 0 Å². The number of thioether (sulfide) groups is 1. The Morgan fingerprint density at radius 3 is 2.86 bits per heavy atom. The van der Waals surface area contributed by atoms with Crippen LogP contribution >= 0.6 is 23.1 Å². The number of rotatable bonds is 8. The molecule has 0 aliphatic heterocycles. The lowest BCUT2D eigenvalue weighted by Gasteiger charge is -2.09. The molecule has 0 saturated heterocycles. The number of amides is 1. The minimum absolute atomic E-state index is 0.0676. The molecular formula is C17H21NO2S2. The summed E-state index contributed by atoms with van der Waals surface area (Å²) in [6.07, 6.45) is 0. The van der Waals surface area contributed by atoms with E-state index < -0.39 is 0 Å². The standard InChI is InChI=1S/C17H21NO2S2/c1-13-5-6-15(10-14(13)2)20-11-17(19)18-7-9-21-12-16-4-3-8-22-16/h3-6,8,10H,7,9,11-12H2,1-2H3,(H,18,19). The van der Waals surface area contributed by atoms with Crippen LogP contribution in [0.1, 0.15) is 16.0 Å². The minimum Gasteiger partial charge on any atom is -0.484 e. The fraction of sp³-hybridized carbons (Fsp3) is 0.353. The number of carbonyl (C=O) groups is 1. The van der Waals surface area contributed by atoms with Crippen molar-refractivity contribution in [2.75, 3.05) is 18.9 Å². The quantitative estimate of drug-likeness (QED) is 0.746. The van der Waals surface area contributed by atoms with Crippen molar-refractivity contribution in [3.8, 4) is 5.75 Å². The normalized spacial score (nSPS) is 10.5. The van der Waals surface area contributed by atoms with Crippen molar-refractivity contribution >= 4 is 29.0 Å². The second-order valence-electron chi connectivity index (χ2n) is 5.02. The van der Waals surface area contributed by atoms with Crippen molar-refractivity contribution in [3.05, 3.63) is 51.7 Å². The molecule has 22 heavy (non-hydrogen) atoms. The highest BCUT2D eigenvalue weighted by Crippen LogP contribution is 2.17. The number of ether oxygens (including phenoxy) is 1. The van der Waals surface area contributed by atoms with Crippen LogP contribution in [0.5, 0.6) is 5.75 Å². The first-order chi connectivity index (χ1) is 10.6. The van der Waals surface area contributed by atoms with E-state index in [2.05, 4.69) is 29.8 Å². The molecule has 1 aromatic carbocycles. The third-order valence-electron chi connectivity index (χ3n) is 3.24. The fourth-order valence-electron chi connectivity index (χ4n) is 1.83. The predicted molar refractivity (Wildman–Crippen MR) is 94.9 cm³/mol. The summed E-state index contributed by atoms with van der Waals surface area (Å²) in [5.74, 6) is 2.58. The van der Waals surface area contributed by atoms with E-state index in [1.807, 2.05) is 36.9 Å². The summed E-state index contributed by atoms with van der Waals surface area (Å²) in [5, 5.41) is 4.96. The number of aryl methyl sites for hydroxylation is 2. The number of hydrogen-bond donors (Lipinski definition) is 1. The molecule has 1 amide bonds. The van der Waals surface area contributed by atoms with Crippen LogP contribution in [-0.4, -0.2) is 24.8 Å². The van der Waals surface area contributed by atoms with Crippen LogP contribution < -0.4 is 10.1 Å². The molecule has 0 bridgehead atoms. The molecule has 2 rings (SSSR count). The van der Waals surface area contributed by atoms with Crippen molar-refractivity contribution in [1.82, 2.24) is 5.32 Å². The third kappa shape index (κ3) is 5.73. The Morgan fingerprint density at radius 1 is 1.27 bits per heavy atom. The summed E-state index contributed by atoms with van der Waals surface area (Å²) in [5.41, 5.74) is 2.39. The van der Waals surface area contributed by atoms with E-state index in [9.17, 15) is 4.79 Å². The lowest BCUT2D eigenvalue weighted by molar-refractivity contribution is -0.122. The Morgan fingerprint density at radius 2 is 2.14 bits per heavy atom. The van der Waals surface area contributed by atoms with Gasteiger partial charge in [-0.05, 0) is 48.6 Å². The van der Waals surface area contributed by atoms with Crippen LogP contribution in [0.4, 0.5) is 0 Å². The molecule has 2 aromatic rings. The third-order valence-corrected chi connectivity index (χ3v) is 5.31. The molecule has 3 nitrogen and oxygen atoms in total. The summed E-state index contributed by atoms with van der Waals surface area (Å²) in [4.78, 5) is 13.1. The summed E-state index contributed by atoms with van der Waals surface area (Å²) >= 11 is 3.59. The van der Waals surface area contributed by atoms with Crippen molar-refractivity contribution in [1.29, 1.82) is 0 Å². The number of hydrogen-bond acceptors (Lipinski definition) is 4. The molecule has 1 aromatic heterocycles. The Balaban J connectivity index is 1.58. The average Bonchev–Trinajstić information content (AvgIpc) is 3.01. The summed E-state index contributed by atoms with van der Waals surface area (Å²) in [6.45, 7) is 4.83. The van der Waals surface area contributed by atoms with Gasteiger partial charge in [0.25, 0.3) is 5.91 Å². The van der Waals surface area contributed by atoms with Crippen LogP contribution in [-0.2, 0) is 10.5 Å². The molecule has 0 fully saturated rings. The maximum Gasteiger partial charge on any atom is 0.257 e. The van der Waals surface area contributed by atoms with Gasteiger partial charge in [-0.1, -0.05) is 12.1 Å². The average molecular weight is 335 g/mol. The SMILES string of the molecule is Cc1ccc(OCC(=O)NCCSCc2cccs2)cc1C. The molecular weight excluding hydrogens is 314 g/mol. The van der Waals surface area contributed by atoms with E-state index in [1.54, 1.807) is 11.3 Å². The lowest BCUT2D eigenvalue weighted by Crippen LogP contribution is -2.30. The van der Waals surface area contributed by atoms with Gasteiger partial charge in [-0.25, -0.2) is 0 Å². The van der Waals surface area contributed by atoms with Gasteiger partial charge in [0.05, 0.1) is 0 Å². The van der Waals surface area contributed by atoms with Gasteiger partial charge >= 0.3 is 0 Å². The van der Waals surface area contributed by atoms with Gasteiger partial charge in [-0.3, -0.25) is 4.79 Å². The second kappa shape index (κ2) is 8.86. The Labute approximate surface area is 140 Å². The van der Waals surface area contributed by atoms with Gasteiger partial charge in [-0.2, -0.15) is 11.8 Å². The molecule has 1 N–H and O–H groups in total. The molecule has 1 heterocycles. The second-order valence-corrected chi connectivity index (χ2v) is 7.15. The highest BCUT2D eigenvalue weighted by atomic mass is 32.2. The minimum atomic E-state index is -0.0741. The number of benzene rings is 1. The zero-order valence-electron chi connectivity index (χ0n) is 12.9. The van der Waals surface area contributed by atoms with Crippen LogP contribution in [0.15, 0.2) is 35.7 Å². The number of nitrogens with one attached hydrogen (secondary N) is 1. The fourth-order valence-corrected chi connectivity index (χ4v) is 3.53. The van der Waals surface area contributed by atoms with Crippen molar-refractivity contribution < 1.29 is 9.53 Å². The smallest absolute Gasteiger partial charge is 0.257 e. The van der Waals surface area contributed by atoms with Crippen molar-refractivity contribution in [2.24, 2.45) is 0 Å². The maximum atomic E-state index is 11.7. The first kappa shape index (κ1) is 16.9. The van der Waals surface area contributed by atoms with Gasteiger partial charge in [0.2, 0.25) is 0 Å². The number of thiophene rings is 1. The first-order valence-electron chi connectivity index (χ1n) is 7.22. The first-order valence-corrected chi connectivity index (χ1v) is 9.25. The molecule has 118 valence electrons. The predicted octanol–water partition coefficient (Wildman–Crippen LogP) is 3.79. The Hall–Kier alpha value is -1.46. The van der Waals surface area contributed by atoms with Crippen molar-refractivity contribution in [2.45, 2.75) is 19.6 Å². The molecule has 0 radical (unpaired) electrons. The topological polar surface area (TPSA) is 38.3 Å². The Bertz CT molecular complexity index is 597. The van der Waals surface area contributed by atoms with Crippen molar-refractivity contribution in [3.63, 3.8) is 0 Å². The van der Waals surface area contributed by atoms with E-state index in [4.69, 9.17) is 4.74 Å². The molecule has 0 aliphatic carbocycles. The highest BCUT2D eigenvalue weighted by molar-refractivity contribution is 7.98. The largest absolute Gasteiger partial charge is 0.484 e. The van der Waals surface area contributed by atoms with E-state index in [0.29, 0.717) is 6.54 Å². The Kier molecular flexibility index (Phi) is 6.80. The molecule has 0 atom stereocenters. The van der Waals surface area contributed by atoms with Crippen LogP contribution in [0, 0.1) is 13.8 Å².